The van der Waals surface area contributed by atoms with Gasteiger partial charge in [0.15, 0.2) is 5.65 Å². The molecule has 1 amide bonds. The number of nitrogens with zero attached hydrogens (tertiary/aromatic N) is 4. The largest absolute Gasteiger partial charge is 0.334 e. The average molecular weight is 388 g/mol. The maximum absolute atomic E-state index is 13.4. The van der Waals surface area contributed by atoms with Crippen LogP contribution in [0.1, 0.15) is 40.4 Å². The molecule has 0 saturated heterocycles. The normalized spacial score (nSPS) is 16.1. The van der Waals surface area contributed by atoms with E-state index >= 15 is 0 Å². The lowest BCUT2D eigenvalue weighted by molar-refractivity contribution is 0.0717. The zero-order chi connectivity index (χ0) is 19.1. The predicted molar refractivity (Wildman–Crippen MR) is 111 cm³/mol. The van der Waals surface area contributed by atoms with Crippen LogP contribution < -0.4 is 0 Å². The molecule has 0 N–H and O–H groups in total. The number of rotatable bonds is 3. The molecule has 0 bridgehead atoms. The number of benzene rings is 1. The molecule has 1 aromatic carbocycles. The van der Waals surface area contributed by atoms with Crippen LogP contribution in [0.25, 0.3) is 16.2 Å². The standard InChI is InChI=1S/C22H20N4OS/c1-25(18-9-4-7-15-6-2-3-8-16(15)18)22(27)17-14-24-26-19(11-12-23-21(17)26)20-10-5-13-28-20/h2-3,5-6,8,10-14,18H,4,7,9H2,1H3. The van der Waals surface area contributed by atoms with E-state index in [4.69, 9.17) is 0 Å². The van der Waals surface area contributed by atoms with E-state index in [0.717, 1.165) is 29.8 Å². The van der Waals surface area contributed by atoms with Gasteiger partial charge >= 0.3 is 0 Å². The third-order valence-electron chi connectivity index (χ3n) is 5.53. The Morgan fingerprint density at radius 3 is 2.96 bits per heavy atom. The van der Waals surface area contributed by atoms with E-state index in [9.17, 15) is 4.79 Å². The quantitative estimate of drug-likeness (QED) is 0.515. The number of hydrogen-bond acceptors (Lipinski definition) is 4. The first-order valence-corrected chi connectivity index (χ1v) is 10.3. The van der Waals surface area contributed by atoms with Gasteiger partial charge in [0, 0.05) is 13.2 Å². The van der Waals surface area contributed by atoms with E-state index in [1.54, 1.807) is 28.2 Å². The van der Waals surface area contributed by atoms with Gasteiger partial charge in [-0.1, -0.05) is 30.3 Å². The van der Waals surface area contributed by atoms with Gasteiger partial charge < -0.3 is 4.90 Å². The lowest BCUT2D eigenvalue weighted by Crippen LogP contribution is -2.33. The fraction of sp³-hybridized carbons (Fsp3) is 0.227. The first-order chi connectivity index (χ1) is 13.7. The summed E-state index contributed by atoms with van der Waals surface area (Å²) in [6.45, 7) is 0. The molecule has 140 valence electrons. The molecule has 3 aromatic heterocycles. The van der Waals surface area contributed by atoms with E-state index < -0.39 is 0 Å². The summed E-state index contributed by atoms with van der Waals surface area (Å²) in [6, 6.07) is 14.5. The highest BCUT2D eigenvalue weighted by molar-refractivity contribution is 7.13. The summed E-state index contributed by atoms with van der Waals surface area (Å²) in [4.78, 5) is 20.8. The zero-order valence-corrected chi connectivity index (χ0v) is 16.4. The molecule has 0 aliphatic heterocycles. The van der Waals surface area contributed by atoms with E-state index in [1.807, 2.05) is 35.5 Å². The van der Waals surface area contributed by atoms with Crippen LogP contribution in [0, 0.1) is 0 Å². The summed E-state index contributed by atoms with van der Waals surface area (Å²) in [5.41, 5.74) is 4.70. The van der Waals surface area contributed by atoms with Crippen LogP contribution in [-0.2, 0) is 6.42 Å². The summed E-state index contributed by atoms with van der Waals surface area (Å²) >= 11 is 1.65. The molecule has 1 unspecified atom stereocenters. The van der Waals surface area contributed by atoms with Gasteiger partial charge in [0.1, 0.15) is 5.56 Å². The van der Waals surface area contributed by atoms with Crippen molar-refractivity contribution in [2.75, 3.05) is 7.05 Å². The highest BCUT2D eigenvalue weighted by Crippen LogP contribution is 2.34. The fourth-order valence-electron chi connectivity index (χ4n) is 4.12. The van der Waals surface area contributed by atoms with Gasteiger partial charge in [-0.25, -0.2) is 9.50 Å². The molecule has 6 heteroatoms. The number of hydrogen-bond donors (Lipinski definition) is 0. The van der Waals surface area contributed by atoms with Crippen molar-refractivity contribution >= 4 is 22.9 Å². The molecule has 28 heavy (non-hydrogen) atoms. The molecule has 1 atom stereocenters. The molecule has 4 aromatic rings. The summed E-state index contributed by atoms with van der Waals surface area (Å²) in [5, 5.41) is 6.51. The molecule has 0 spiro atoms. The van der Waals surface area contributed by atoms with Crippen molar-refractivity contribution in [3.05, 3.63) is 76.9 Å². The van der Waals surface area contributed by atoms with E-state index in [-0.39, 0.29) is 11.9 Å². The first-order valence-electron chi connectivity index (χ1n) is 9.45. The Morgan fingerprint density at radius 2 is 2.11 bits per heavy atom. The number of aromatic nitrogens is 3. The SMILES string of the molecule is CN(C(=O)c1cnn2c(-c3cccs3)ccnc12)C1CCCc2ccccc21. The van der Waals surface area contributed by atoms with Gasteiger partial charge in [-0.15, -0.1) is 11.3 Å². The molecule has 0 saturated carbocycles. The molecule has 5 rings (SSSR count). The Labute approximate surface area is 167 Å². The van der Waals surface area contributed by atoms with Crippen molar-refractivity contribution in [1.82, 2.24) is 19.5 Å². The Hall–Kier alpha value is -2.99. The lowest BCUT2D eigenvalue weighted by Gasteiger charge is -2.33. The second kappa shape index (κ2) is 6.87. The van der Waals surface area contributed by atoms with Crippen molar-refractivity contribution in [3.8, 4) is 10.6 Å². The molecular weight excluding hydrogens is 368 g/mol. The van der Waals surface area contributed by atoms with Crippen LogP contribution in [0.3, 0.4) is 0 Å². The maximum Gasteiger partial charge on any atom is 0.259 e. The second-order valence-electron chi connectivity index (χ2n) is 7.12. The molecule has 0 fully saturated rings. The smallest absolute Gasteiger partial charge is 0.259 e. The molecule has 1 aliphatic carbocycles. The minimum atomic E-state index is -0.0347. The Morgan fingerprint density at radius 1 is 1.21 bits per heavy atom. The van der Waals surface area contributed by atoms with Crippen molar-refractivity contribution < 1.29 is 4.79 Å². The van der Waals surface area contributed by atoms with Gasteiger partial charge in [0.05, 0.1) is 22.8 Å². The van der Waals surface area contributed by atoms with Crippen molar-refractivity contribution in [1.29, 1.82) is 0 Å². The molecule has 5 nitrogen and oxygen atoms in total. The Kier molecular flexibility index (Phi) is 4.20. The van der Waals surface area contributed by atoms with Gasteiger partial charge in [-0.3, -0.25) is 4.79 Å². The summed E-state index contributed by atoms with van der Waals surface area (Å²) < 4.78 is 1.77. The van der Waals surface area contributed by atoms with Gasteiger partial charge in [0.2, 0.25) is 0 Å². The highest BCUT2D eigenvalue weighted by atomic mass is 32.1. The van der Waals surface area contributed by atoms with Crippen LogP contribution in [0.4, 0.5) is 0 Å². The Bertz CT molecular complexity index is 1150. The number of thiophene rings is 1. The third-order valence-corrected chi connectivity index (χ3v) is 6.42. The van der Waals surface area contributed by atoms with Gasteiger partial charge in [0.25, 0.3) is 5.91 Å². The topological polar surface area (TPSA) is 50.5 Å². The summed E-state index contributed by atoms with van der Waals surface area (Å²) in [7, 11) is 1.89. The van der Waals surface area contributed by atoms with Crippen LogP contribution in [0.15, 0.2) is 60.2 Å². The minimum absolute atomic E-state index is 0.0347. The number of carbonyl (C=O) groups excluding carboxylic acids is 1. The van der Waals surface area contributed by atoms with E-state index in [0.29, 0.717) is 11.2 Å². The van der Waals surface area contributed by atoms with Crippen LogP contribution in [-0.4, -0.2) is 32.5 Å². The first kappa shape index (κ1) is 17.1. The highest BCUT2D eigenvalue weighted by Gasteiger charge is 2.29. The number of aryl methyl sites for hydroxylation is 1. The van der Waals surface area contributed by atoms with Crippen LogP contribution in [0.5, 0.6) is 0 Å². The van der Waals surface area contributed by atoms with Crippen LogP contribution in [0.2, 0.25) is 0 Å². The third kappa shape index (κ3) is 2.72. The Balaban J connectivity index is 1.53. The van der Waals surface area contributed by atoms with Crippen molar-refractivity contribution in [2.24, 2.45) is 0 Å². The van der Waals surface area contributed by atoms with Gasteiger partial charge in [-0.2, -0.15) is 5.10 Å². The predicted octanol–water partition coefficient (Wildman–Crippen LogP) is 4.61. The average Bonchev–Trinajstić information content (AvgIpc) is 3.42. The maximum atomic E-state index is 13.4. The van der Waals surface area contributed by atoms with Crippen molar-refractivity contribution in [3.63, 3.8) is 0 Å². The monoisotopic (exact) mass is 388 g/mol. The van der Waals surface area contributed by atoms with Crippen LogP contribution >= 0.6 is 11.3 Å². The number of fused-ring (bicyclic) bond motifs is 2. The number of carbonyl (C=O) groups is 1. The van der Waals surface area contributed by atoms with Crippen molar-refractivity contribution in [2.45, 2.75) is 25.3 Å². The summed E-state index contributed by atoms with van der Waals surface area (Å²) in [6.07, 6.45) is 6.55. The summed E-state index contributed by atoms with van der Waals surface area (Å²) in [5.74, 6) is -0.0347. The van der Waals surface area contributed by atoms with E-state index in [1.165, 1.54) is 11.1 Å². The molecular formula is C22H20N4OS. The van der Waals surface area contributed by atoms with Gasteiger partial charge in [-0.05, 0) is 47.9 Å². The second-order valence-corrected chi connectivity index (χ2v) is 8.07. The lowest BCUT2D eigenvalue weighted by atomic mass is 9.87. The zero-order valence-electron chi connectivity index (χ0n) is 15.6. The fourth-order valence-corrected chi connectivity index (χ4v) is 4.85. The minimum Gasteiger partial charge on any atom is -0.334 e. The molecule has 3 heterocycles. The number of amides is 1. The molecule has 1 aliphatic rings. The van der Waals surface area contributed by atoms with E-state index in [2.05, 4.69) is 34.3 Å². The molecule has 0 radical (unpaired) electrons.